The molecular weight excluding hydrogens is 206 g/mol. The van der Waals surface area contributed by atoms with Gasteiger partial charge in [-0.1, -0.05) is 13.3 Å². The second-order valence-corrected chi connectivity index (χ2v) is 5.26. The Bertz CT molecular complexity index is 259. The van der Waals surface area contributed by atoms with Crippen molar-refractivity contribution >= 4 is 17.3 Å². The SMILES string of the molecule is CCC1CCC2(CC1)NN(C)C(=S)N2C. The lowest BCUT2D eigenvalue weighted by atomic mass is 9.80. The molecule has 1 aliphatic heterocycles. The standard InChI is InChI=1S/C11H21N3S/c1-4-9-5-7-11(8-6-9)12-14(3)10(15)13(11)2/h9,12H,4-8H2,1-3H3. The van der Waals surface area contributed by atoms with Crippen molar-refractivity contribution in [3.63, 3.8) is 0 Å². The van der Waals surface area contributed by atoms with E-state index in [2.05, 4.69) is 24.3 Å². The van der Waals surface area contributed by atoms with Gasteiger partial charge in [0.05, 0.1) is 0 Å². The molecule has 0 aromatic heterocycles. The molecule has 15 heavy (non-hydrogen) atoms. The highest BCUT2D eigenvalue weighted by atomic mass is 32.1. The Hall–Kier alpha value is -0.350. The molecule has 3 nitrogen and oxygen atoms in total. The van der Waals surface area contributed by atoms with E-state index < -0.39 is 0 Å². The molecule has 86 valence electrons. The van der Waals surface area contributed by atoms with Gasteiger partial charge in [0, 0.05) is 14.1 Å². The lowest BCUT2D eigenvalue weighted by molar-refractivity contribution is 0.0804. The molecule has 1 spiro atoms. The number of hydrogen-bond donors (Lipinski definition) is 1. The highest BCUT2D eigenvalue weighted by Gasteiger charge is 2.45. The first-order chi connectivity index (χ1) is 7.09. The molecule has 1 N–H and O–H groups in total. The predicted molar refractivity (Wildman–Crippen MR) is 66.2 cm³/mol. The van der Waals surface area contributed by atoms with Crippen molar-refractivity contribution in [3.8, 4) is 0 Å². The minimum Gasteiger partial charge on any atom is -0.331 e. The van der Waals surface area contributed by atoms with Crippen molar-refractivity contribution in [1.82, 2.24) is 15.3 Å². The molecule has 0 amide bonds. The van der Waals surface area contributed by atoms with E-state index in [1.165, 1.54) is 32.1 Å². The molecule has 0 atom stereocenters. The Kier molecular flexibility index (Phi) is 2.90. The van der Waals surface area contributed by atoms with E-state index in [0.29, 0.717) is 0 Å². The smallest absolute Gasteiger partial charge is 0.187 e. The van der Waals surface area contributed by atoms with Crippen LogP contribution in [-0.2, 0) is 0 Å². The first-order valence-corrected chi connectivity index (χ1v) is 6.29. The molecular formula is C11H21N3S. The summed E-state index contributed by atoms with van der Waals surface area (Å²) in [6.45, 7) is 2.30. The monoisotopic (exact) mass is 227 g/mol. The minimum atomic E-state index is 0.123. The first kappa shape index (κ1) is 11.1. The van der Waals surface area contributed by atoms with Crippen LogP contribution in [0, 0.1) is 5.92 Å². The summed E-state index contributed by atoms with van der Waals surface area (Å²) in [5.41, 5.74) is 3.65. The second-order valence-electron chi connectivity index (χ2n) is 4.90. The van der Waals surface area contributed by atoms with E-state index in [4.69, 9.17) is 12.2 Å². The summed E-state index contributed by atoms with van der Waals surface area (Å²) in [5, 5.41) is 2.91. The van der Waals surface area contributed by atoms with Crippen LogP contribution in [0.1, 0.15) is 39.0 Å². The summed E-state index contributed by atoms with van der Waals surface area (Å²) in [7, 11) is 4.13. The number of nitrogens with zero attached hydrogens (tertiary/aromatic N) is 2. The fourth-order valence-electron chi connectivity index (χ4n) is 2.85. The van der Waals surface area contributed by atoms with E-state index >= 15 is 0 Å². The second kappa shape index (κ2) is 3.91. The zero-order valence-corrected chi connectivity index (χ0v) is 10.7. The predicted octanol–water partition coefficient (Wildman–Crippen LogP) is 1.95. The molecule has 1 aliphatic carbocycles. The average Bonchev–Trinajstić information content (AvgIpc) is 2.45. The van der Waals surface area contributed by atoms with Crippen LogP contribution >= 0.6 is 12.2 Å². The molecule has 0 radical (unpaired) electrons. The zero-order valence-electron chi connectivity index (χ0n) is 9.92. The van der Waals surface area contributed by atoms with Crippen LogP contribution in [0.2, 0.25) is 0 Å². The quantitative estimate of drug-likeness (QED) is 0.690. The van der Waals surface area contributed by atoms with Crippen LogP contribution in [0.3, 0.4) is 0 Å². The molecule has 0 aromatic carbocycles. The molecule has 1 heterocycles. The highest BCUT2D eigenvalue weighted by Crippen LogP contribution is 2.38. The van der Waals surface area contributed by atoms with Gasteiger partial charge in [-0.15, -0.1) is 0 Å². The van der Waals surface area contributed by atoms with Gasteiger partial charge < -0.3 is 4.90 Å². The third-order valence-corrected chi connectivity index (χ3v) is 4.65. The number of thiocarbonyl (C=S) groups is 1. The first-order valence-electron chi connectivity index (χ1n) is 5.88. The van der Waals surface area contributed by atoms with Crippen LogP contribution < -0.4 is 5.43 Å². The molecule has 0 aromatic rings. The van der Waals surface area contributed by atoms with Crippen molar-refractivity contribution in [2.75, 3.05) is 14.1 Å². The van der Waals surface area contributed by atoms with Gasteiger partial charge in [-0.25, -0.2) is 5.43 Å². The van der Waals surface area contributed by atoms with Crippen molar-refractivity contribution < 1.29 is 0 Å². The van der Waals surface area contributed by atoms with Gasteiger partial charge in [0.15, 0.2) is 5.11 Å². The largest absolute Gasteiger partial charge is 0.331 e. The van der Waals surface area contributed by atoms with Crippen LogP contribution in [0.5, 0.6) is 0 Å². The number of hydrazine groups is 1. The highest BCUT2D eigenvalue weighted by molar-refractivity contribution is 7.80. The topological polar surface area (TPSA) is 18.5 Å². The Labute approximate surface area is 97.8 Å². The molecule has 0 unspecified atom stereocenters. The van der Waals surface area contributed by atoms with Gasteiger partial charge in [-0.3, -0.25) is 5.01 Å². The Balaban J connectivity index is 2.07. The summed E-state index contributed by atoms with van der Waals surface area (Å²) in [6, 6.07) is 0. The fourth-order valence-corrected chi connectivity index (χ4v) is 3.07. The van der Waals surface area contributed by atoms with Gasteiger partial charge in [0.1, 0.15) is 5.66 Å². The lowest BCUT2D eigenvalue weighted by Gasteiger charge is -2.41. The third kappa shape index (κ3) is 1.74. The maximum absolute atomic E-state index is 5.37. The Morgan fingerprint density at radius 1 is 1.40 bits per heavy atom. The number of nitrogens with one attached hydrogen (secondary N) is 1. The summed E-state index contributed by atoms with van der Waals surface area (Å²) in [6.07, 6.45) is 6.40. The van der Waals surface area contributed by atoms with E-state index in [1.807, 2.05) is 12.1 Å². The maximum atomic E-state index is 5.37. The lowest BCUT2D eigenvalue weighted by Crippen LogP contribution is -2.53. The molecule has 1 saturated carbocycles. The summed E-state index contributed by atoms with van der Waals surface area (Å²) >= 11 is 5.37. The molecule has 1 saturated heterocycles. The zero-order chi connectivity index (χ0) is 11.1. The van der Waals surface area contributed by atoms with Gasteiger partial charge in [0.25, 0.3) is 0 Å². The summed E-state index contributed by atoms with van der Waals surface area (Å²) in [4.78, 5) is 2.24. The van der Waals surface area contributed by atoms with Gasteiger partial charge in [-0.05, 0) is 43.8 Å². The van der Waals surface area contributed by atoms with Gasteiger partial charge >= 0.3 is 0 Å². The van der Waals surface area contributed by atoms with E-state index in [1.54, 1.807) is 0 Å². The van der Waals surface area contributed by atoms with Crippen LogP contribution in [-0.4, -0.2) is 34.8 Å². The van der Waals surface area contributed by atoms with Crippen molar-refractivity contribution in [2.24, 2.45) is 5.92 Å². The molecule has 2 rings (SSSR count). The minimum absolute atomic E-state index is 0.123. The maximum Gasteiger partial charge on any atom is 0.187 e. The van der Waals surface area contributed by atoms with Crippen molar-refractivity contribution in [2.45, 2.75) is 44.7 Å². The number of rotatable bonds is 1. The summed E-state index contributed by atoms with van der Waals surface area (Å²) in [5.74, 6) is 0.922. The van der Waals surface area contributed by atoms with E-state index in [0.717, 1.165) is 11.0 Å². The molecule has 0 bridgehead atoms. The van der Waals surface area contributed by atoms with Crippen LogP contribution in [0.15, 0.2) is 0 Å². The number of hydrogen-bond acceptors (Lipinski definition) is 2. The van der Waals surface area contributed by atoms with Gasteiger partial charge in [0.2, 0.25) is 0 Å². The molecule has 4 heteroatoms. The third-order valence-electron chi connectivity index (χ3n) is 4.10. The summed E-state index contributed by atoms with van der Waals surface area (Å²) < 4.78 is 0. The Morgan fingerprint density at radius 2 is 2.00 bits per heavy atom. The van der Waals surface area contributed by atoms with Crippen LogP contribution in [0.4, 0.5) is 0 Å². The average molecular weight is 227 g/mol. The Morgan fingerprint density at radius 3 is 2.40 bits per heavy atom. The fraction of sp³-hybridized carbons (Fsp3) is 0.909. The van der Waals surface area contributed by atoms with E-state index in [-0.39, 0.29) is 5.66 Å². The van der Waals surface area contributed by atoms with Crippen molar-refractivity contribution in [3.05, 3.63) is 0 Å². The molecule has 2 aliphatic rings. The molecule has 2 fully saturated rings. The van der Waals surface area contributed by atoms with Crippen molar-refractivity contribution in [1.29, 1.82) is 0 Å². The van der Waals surface area contributed by atoms with E-state index in [9.17, 15) is 0 Å². The van der Waals surface area contributed by atoms with Crippen LogP contribution in [0.25, 0.3) is 0 Å². The van der Waals surface area contributed by atoms with Gasteiger partial charge in [-0.2, -0.15) is 0 Å². The normalized spacial score (nSPS) is 36.7.